The third-order valence-electron chi connectivity index (χ3n) is 3.50. The third-order valence-corrected chi connectivity index (χ3v) is 5.66. The Labute approximate surface area is 125 Å². The van der Waals surface area contributed by atoms with Crippen molar-refractivity contribution in [2.24, 2.45) is 5.73 Å². The van der Waals surface area contributed by atoms with E-state index in [1.54, 1.807) is 31.3 Å². The molecule has 1 fully saturated rings. The van der Waals surface area contributed by atoms with E-state index in [0.717, 1.165) is 24.8 Å². The highest BCUT2D eigenvalue weighted by Crippen LogP contribution is 2.22. The van der Waals surface area contributed by atoms with Crippen LogP contribution in [0.25, 0.3) is 0 Å². The van der Waals surface area contributed by atoms with Gasteiger partial charge in [-0.3, -0.25) is 4.31 Å². The molecule has 0 aromatic heterocycles. The standard InChI is InChI=1S/C13H19N3O2S2/c1-15(12-7-5-11(6-8-12)13(14)19)20(17,18)16-9-3-2-4-10-16/h5-8H,2-4,9-10H2,1H3,(H2,14,19). The van der Waals surface area contributed by atoms with E-state index in [2.05, 4.69) is 0 Å². The molecule has 110 valence electrons. The van der Waals surface area contributed by atoms with Crippen molar-refractivity contribution in [1.82, 2.24) is 4.31 Å². The lowest BCUT2D eigenvalue weighted by Crippen LogP contribution is -2.44. The summed E-state index contributed by atoms with van der Waals surface area (Å²) in [5, 5.41) is 0. The van der Waals surface area contributed by atoms with Gasteiger partial charge in [0.15, 0.2) is 0 Å². The second-order valence-electron chi connectivity index (χ2n) is 4.85. The molecular formula is C13H19N3O2S2. The van der Waals surface area contributed by atoms with Crippen LogP contribution in [-0.4, -0.2) is 37.8 Å². The van der Waals surface area contributed by atoms with Crippen LogP contribution in [0.3, 0.4) is 0 Å². The smallest absolute Gasteiger partial charge is 0.303 e. The molecule has 7 heteroatoms. The Bertz CT molecular complexity index is 578. The first kappa shape index (κ1) is 15.2. The molecule has 20 heavy (non-hydrogen) atoms. The van der Waals surface area contributed by atoms with Gasteiger partial charge in [-0.1, -0.05) is 18.6 Å². The highest BCUT2D eigenvalue weighted by Gasteiger charge is 2.28. The Hall–Kier alpha value is -1.18. The Morgan fingerprint density at radius 3 is 2.25 bits per heavy atom. The monoisotopic (exact) mass is 313 g/mol. The first-order valence-electron chi connectivity index (χ1n) is 6.57. The molecule has 0 saturated carbocycles. The van der Waals surface area contributed by atoms with Crippen LogP contribution in [0.4, 0.5) is 5.69 Å². The van der Waals surface area contributed by atoms with Crippen LogP contribution in [0.1, 0.15) is 24.8 Å². The number of thiocarbonyl (C=S) groups is 1. The van der Waals surface area contributed by atoms with Gasteiger partial charge in [-0.2, -0.15) is 12.7 Å². The molecule has 2 N–H and O–H groups in total. The molecule has 5 nitrogen and oxygen atoms in total. The average Bonchev–Trinajstić information content (AvgIpc) is 2.47. The minimum Gasteiger partial charge on any atom is -0.389 e. The summed E-state index contributed by atoms with van der Waals surface area (Å²) in [6.45, 7) is 1.19. The van der Waals surface area contributed by atoms with E-state index in [0.29, 0.717) is 23.8 Å². The molecule has 1 heterocycles. The first-order chi connectivity index (χ1) is 9.43. The van der Waals surface area contributed by atoms with Crippen molar-refractivity contribution in [3.63, 3.8) is 0 Å². The maximum absolute atomic E-state index is 12.5. The van der Waals surface area contributed by atoms with Crippen molar-refractivity contribution in [2.45, 2.75) is 19.3 Å². The zero-order valence-corrected chi connectivity index (χ0v) is 13.1. The van der Waals surface area contributed by atoms with E-state index in [-0.39, 0.29) is 0 Å². The van der Waals surface area contributed by atoms with Gasteiger partial charge >= 0.3 is 10.2 Å². The maximum Gasteiger partial charge on any atom is 0.303 e. The lowest BCUT2D eigenvalue weighted by atomic mass is 10.2. The molecule has 0 radical (unpaired) electrons. The molecular weight excluding hydrogens is 294 g/mol. The van der Waals surface area contributed by atoms with Crippen LogP contribution in [-0.2, 0) is 10.2 Å². The fraction of sp³-hybridized carbons (Fsp3) is 0.462. The number of piperidine rings is 1. The predicted molar refractivity (Wildman–Crippen MR) is 85.1 cm³/mol. The van der Waals surface area contributed by atoms with Crippen LogP contribution in [0, 0.1) is 0 Å². The van der Waals surface area contributed by atoms with E-state index in [4.69, 9.17) is 18.0 Å². The number of benzene rings is 1. The average molecular weight is 313 g/mol. The highest BCUT2D eigenvalue weighted by molar-refractivity contribution is 7.90. The zero-order chi connectivity index (χ0) is 14.8. The Balaban J connectivity index is 2.20. The van der Waals surface area contributed by atoms with Gasteiger partial charge in [0, 0.05) is 25.7 Å². The highest BCUT2D eigenvalue weighted by atomic mass is 32.2. The summed E-state index contributed by atoms with van der Waals surface area (Å²) in [6.07, 6.45) is 2.94. The second kappa shape index (κ2) is 6.07. The SMILES string of the molecule is CN(c1ccc(C(N)=S)cc1)S(=O)(=O)N1CCCCC1. The van der Waals surface area contributed by atoms with Crippen molar-refractivity contribution >= 4 is 33.1 Å². The van der Waals surface area contributed by atoms with Crippen LogP contribution in [0.5, 0.6) is 0 Å². The van der Waals surface area contributed by atoms with Crippen LogP contribution >= 0.6 is 12.2 Å². The van der Waals surface area contributed by atoms with E-state index in [9.17, 15) is 8.42 Å². The normalized spacial score (nSPS) is 16.9. The Morgan fingerprint density at radius 1 is 1.20 bits per heavy atom. The van der Waals surface area contributed by atoms with Crippen LogP contribution in [0.2, 0.25) is 0 Å². The van der Waals surface area contributed by atoms with Gasteiger partial charge in [-0.25, -0.2) is 0 Å². The quantitative estimate of drug-likeness (QED) is 0.855. The summed E-state index contributed by atoms with van der Waals surface area (Å²) in [5.74, 6) is 0. The van der Waals surface area contributed by atoms with E-state index < -0.39 is 10.2 Å². The predicted octanol–water partition coefficient (Wildman–Crippen LogP) is 1.49. The van der Waals surface area contributed by atoms with Gasteiger partial charge < -0.3 is 5.73 Å². The Morgan fingerprint density at radius 2 is 1.75 bits per heavy atom. The van der Waals surface area contributed by atoms with Crippen LogP contribution in [0.15, 0.2) is 24.3 Å². The van der Waals surface area contributed by atoms with Crippen molar-refractivity contribution in [1.29, 1.82) is 0 Å². The molecule has 1 saturated heterocycles. The lowest BCUT2D eigenvalue weighted by Gasteiger charge is -2.31. The van der Waals surface area contributed by atoms with Crippen molar-refractivity contribution in [3.05, 3.63) is 29.8 Å². The molecule has 0 aliphatic carbocycles. The fourth-order valence-corrected chi connectivity index (χ4v) is 3.83. The van der Waals surface area contributed by atoms with Gasteiger partial charge in [0.1, 0.15) is 4.99 Å². The van der Waals surface area contributed by atoms with Gasteiger partial charge in [0.05, 0.1) is 5.69 Å². The molecule has 2 rings (SSSR count). The number of anilines is 1. The van der Waals surface area contributed by atoms with E-state index >= 15 is 0 Å². The van der Waals surface area contributed by atoms with E-state index in [1.807, 2.05) is 0 Å². The molecule has 1 aromatic rings. The summed E-state index contributed by atoms with van der Waals surface area (Å²) >= 11 is 4.88. The molecule has 0 spiro atoms. The molecule has 0 atom stereocenters. The van der Waals surface area contributed by atoms with Gasteiger partial charge in [-0.15, -0.1) is 0 Å². The number of nitrogens with zero attached hydrogens (tertiary/aromatic N) is 2. The molecule has 0 bridgehead atoms. The second-order valence-corrected chi connectivity index (χ2v) is 7.25. The summed E-state index contributed by atoms with van der Waals surface area (Å²) in [5.41, 5.74) is 6.87. The largest absolute Gasteiger partial charge is 0.389 e. The maximum atomic E-state index is 12.5. The van der Waals surface area contributed by atoms with Crippen LogP contribution < -0.4 is 10.0 Å². The summed E-state index contributed by atoms with van der Waals surface area (Å²) < 4.78 is 27.9. The topological polar surface area (TPSA) is 66.6 Å². The molecule has 0 amide bonds. The van der Waals surface area contributed by atoms with Crippen molar-refractivity contribution < 1.29 is 8.42 Å². The summed E-state index contributed by atoms with van der Waals surface area (Å²) in [7, 11) is -1.88. The lowest BCUT2D eigenvalue weighted by molar-refractivity contribution is 0.346. The number of hydrogen-bond acceptors (Lipinski definition) is 3. The third kappa shape index (κ3) is 3.11. The number of hydrogen-bond donors (Lipinski definition) is 1. The number of nitrogens with two attached hydrogens (primary N) is 1. The molecule has 1 aliphatic heterocycles. The van der Waals surface area contributed by atoms with E-state index in [1.165, 1.54) is 8.61 Å². The minimum absolute atomic E-state index is 0.304. The van der Waals surface area contributed by atoms with Crippen molar-refractivity contribution in [3.8, 4) is 0 Å². The Kier molecular flexibility index (Phi) is 4.62. The first-order valence-corrected chi connectivity index (χ1v) is 8.37. The van der Waals surface area contributed by atoms with Gasteiger partial charge in [0.25, 0.3) is 0 Å². The van der Waals surface area contributed by atoms with Gasteiger partial charge in [-0.05, 0) is 37.1 Å². The zero-order valence-electron chi connectivity index (χ0n) is 11.4. The minimum atomic E-state index is -3.45. The molecule has 1 aromatic carbocycles. The summed E-state index contributed by atoms with van der Waals surface area (Å²) in [6, 6.07) is 6.91. The molecule has 0 unspecified atom stereocenters. The van der Waals surface area contributed by atoms with Gasteiger partial charge in [0.2, 0.25) is 0 Å². The van der Waals surface area contributed by atoms with Crippen molar-refractivity contribution in [2.75, 3.05) is 24.4 Å². The molecule has 1 aliphatic rings. The summed E-state index contributed by atoms with van der Waals surface area (Å²) in [4.78, 5) is 0.304. The number of rotatable bonds is 4. The fourth-order valence-electron chi connectivity index (χ4n) is 2.24.